The van der Waals surface area contributed by atoms with Gasteiger partial charge in [0, 0.05) is 5.56 Å². The van der Waals surface area contributed by atoms with Crippen molar-refractivity contribution < 1.29 is 15.0 Å². The van der Waals surface area contributed by atoms with E-state index in [1.807, 2.05) is 30.3 Å². The molecule has 120 valence electrons. The highest BCUT2D eigenvalue weighted by molar-refractivity contribution is 5.94. The van der Waals surface area contributed by atoms with Crippen molar-refractivity contribution in [2.24, 2.45) is 5.92 Å². The van der Waals surface area contributed by atoms with Crippen LogP contribution >= 0.6 is 0 Å². The zero-order valence-corrected chi connectivity index (χ0v) is 12.9. The maximum Gasteiger partial charge on any atom is 0.251 e. The molecule has 3 N–H and O–H groups in total. The second-order valence-corrected chi connectivity index (χ2v) is 6.10. The molecule has 1 atom stereocenters. The highest BCUT2D eigenvalue weighted by atomic mass is 16.3. The average Bonchev–Trinajstić information content (AvgIpc) is 2.58. The maximum atomic E-state index is 12.5. The zero-order valence-electron chi connectivity index (χ0n) is 12.9. The number of aliphatic hydroxyl groups is 2. The largest absolute Gasteiger partial charge is 0.393 e. The van der Waals surface area contributed by atoms with Gasteiger partial charge >= 0.3 is 0 Å². The van der Waals surface area contributed by atoms with Gasteiger partial charge in [-0.3, -0.25) is 4.79 Å². The van der Waals surface area contributed by atoms with Crippen LogP contribution in [0.15, 0.2) is 54.6 Å². The Morgan fingerprint density at radius 3 is 2.30 bits per heavy atom. The Morgan fingerprint density at radius 1 is 1.09 bits per heavy atom. The third kappa shape index (κ3) is 3.60. The molecular formula is C19H21NO3. The first-order chi connectivity index (χ1) is 11.2. The van der Waals surface area contributed by atoms with Gasteiger partial charge < -0.3 is 15.5 Å². The molecule has 1 fully saturated rings. The number of aliphatic hydroxyl groups excluding tert-OH is 2. The molecule has 0 unspecified atom stereocenters. The Morgan fingerprint density at radius 2 is 1.74 bits per heavy atom. The van der Waals surface area contributed by atoms with Crippen LogP contribution in [0, 0.1) is 5.92 Å². The van der Waals surface area contributed by atoms with Crippen LogP contribution < -0.4 is 5.32 Å². The van der Waals surface area contributed by atoms with Crippen LogP contribution in [0.3, 0.4) is 0 Å². The Hall–Kier alpha value is -2.17. The van der Waals surface area contributed by atoms with Crippen LogP contribution in [0.2, 0.25) is 0 Å². The molecule has 2 aromatic carbocycles. The summed E-state index contributed by atoms with van der Waals surface area (Å²) in [6.45, 7) is -0.0332. The van der Waals surface area contributed by atoms with E-state index in [4.69, 9.17) is 5.11 Å². The molecule has 1 saturated carbocycles. The molecule has 3 rings (SSSR count). The predicted molar refractivity (Wildman–Crippen MR) is 87.7 cm³/mol. The quantitative estimate of drug-likeness (QED) is 0.794. The fourth-order valence-corrected chi connectivity index (χ4v) is 3.02. The number of benzene rings is 2. The van der Waals surface area contributed by atoms with E-state index in [9.17, 15) is 9.90 Å². The molecule has 1 amide bonds. The second kappa shape index (κ2) is 6.94. The number of hydrogen-bond acceptors (Lipinski definition) is 3. The summed E-state index contributed by atoms with van der Waals surface area (Å²) in [7, 11) is 0. The van der Waals surface area contributed by atoms with Crippen molar-refractivity contribution in [1.82, 2.24) is 5.32 Å². The molecule has 2 aromatic rings. The summed E-state index contributed by atoms with van der Waals surface area (Å²) in [4.78, 5) is 12.5. The highest BCUT2D eigenvalue weighted by Crippen LogP contribution is 2.38. The minimum absolute atomic E-state index is 0.0332. The second-order valence-electron chi connectivity index (χ2n) is 6.10. The van der Waals surface area contributed by atoms with Crippen molar-refractivity contribution in [3.8, 4) is 0 Å². The summed E-state index contributed by atoms with van der Waals surface area (Å²) < 4.78 is 0. The molecule has 0 saturated heterocycles. The van der Waals surface area contributed by atoms with Crippen molar-refractivity contribution in [2.75, 3.05) is 0 Å². The minimum atomic E-state index is -0.257. The average molecular weight is 311 g/mol. The smallest absolute Gasteiger partial charge is 0.251 e. The maximum absolute atomic E-state index is 12.5. The van der Waals surface area contributed by atoms with Gasteiger partial charge in [-0.15, -0.1) is 0 Å². The van der Waals surface area contributed by atoms with Crippen LogP contribution in [0.4, 0.5) is 0 Å². The molecule has 4 nitrogen and oxygen atoms in total. The van der Waals surface area contributed by atoms with Crippen molar-refractivity contribution >= 4 is 5.91 Å². The van der Waals surface area contributed by atoms with Gasteiger partial charge in [-0.1, -0.05) is 42.5 Å². The molecule has 0 heterocycles. The molecule has 0 spiro atoms. The van der Waals surface area contributed by atoms with Gasteiger partial charge in [0.05, 0.1) is 18.8 Å². The van der Waals surface area contributed by atoms with Crippen LogP contribution in [0.1, 0.15) is 40.4 Å². The molecule has 0 aromatic heterocycles. The number of rotatable bonds is 5. The van der Waals surface area contributed by atoms with Gasteiger partial charge in [-0.2, -0.15) is 0 Å². The van der Waals surface area contributed by atoms with Gasteiger partial charge in [0.2, 0.25) is 0 Å². The van der Waals surface area contributed by atoms with Gasteiger partial charge in [0.15, 0.2) is 0 Å². The first kappa shape index (κ1) is 15.7. The normalized spacial score (nSPS) is 21.3. The SMILES string of the molecule is O=C(N[C@H](c1ccccc1)C1CC(O)C1)c1ccc(CO)cc1. The number of carbonyl (C=O) groups excluding carboxylic acids is 1. The third-order valence-electron chi connectivity index (χ3n) is 4.47. The summed E-state index contributed by atoms with van der Waals surface area (Å²) in [5.41, 5.74) is 2.41. The molecule has 0 radical (unpaired) electrons. The summed E-state index contributed by atoms with van der Waals surface area (Å²) in [5.74, 6) is 0.123. The molecule has 0 bridgehead atoms. The van der Waals surface area contributed by atoms with Crippen LogP contribution in [0.25, 0.3) is 0 Å². The molecule has 1 aliphatic rings. The fourth-order valence-electron chi connectivity index (χ4n) is 3.02. The summed E-state index contributed by atoms with van der Waals surface area (Å²) in [6, 6.07) is 16.7. The van der Waals surface area contributed by atoms with E-state index < -0.39 is 0 Å². The lowest BCUT2D eigenvalue weighted by Gasteiger charge is -2.38. The van der Waals surface area contributed by atoms with Crippen LogP contribution in [-0.4, -0.2) is 22.2 Å². The van der Waals surface area contributed by atoms with Crippen molar-refractivity contribution in [2.45, 2.75) is 31.6 Å². The Kier molecular flexibility index (Phi) is 4.74. The number of hydrogen-bond donors (Lipinski definition) is 3. The number of amides is 1. The topological polar surface area (TPSA) is 69.6 Å². The minimum Gasteiger partial charge on any atom is -0.393 e. The van der Waals surface area contributed by atoms with E-state index in [1.54, 1.807) is 24.3 Å². The van der Waals surface area contributed by atoms with E-state index in [2.05, 4.69) is 5.32 Å². The monoisotopic (exact) mass is 311 g/mol. The van der Waals surface area contributed by atoms with Crippen LogP contribution in [-0.2, 0) is 6.61 Å². The lowest BCUT2D eigenvalue weighted by atomic mass is 9.75. The summed E-state index contributed by atoms with van der Waals surface area (Å²) in [5, 5.41) is 21.8. The third-order valence-corrected chi connectivity index (χ3v) is 4.47. The van der Waals surface area contributed by atoms with E-state index >= 15 is 0 Å². The lowest BCUT2D eigenvalue weighted by molar-refractivity contribution is 0.0235. The Balaban J connectivity index is 1.76. The zero-order chi connectivity index (χ0) is 16.2. The van der Waals surface area contributed by atoms with Gasteiger partial charge in [-0.25, -0.2) is 0 Å². The first-order valence-electron chi connectivity index (χ1n) is 7.91. The molecular weight excluding hydrogens is 290 g/mol. The van der Waals surface area contributed by atoms with E-state index in [0.717, 1.165) is 11.1 Å². The van der Waals surface area contributed by atoms with Crippen molar-refractivity contribution in [3.63, 3.8) is 0 Å². The first-order valence-corrected chi connectivity index (χ1v) is 7.91. The summed E-state index contributed by atoms with van der Waals surface area (Å²) >= 11 is 0. The highest BCUT2D eigenvalue weighted by Gasteiger charge is 2.35. The van der Waals surface area contributed by atoms with Crippen molar-refractivity contribution in [1.29, 1.82) is 0 Å². The Bertz CT molecular complexity index is 648. The molecule has 1 aliphatic carbocycles. The lowest BCUT2D eigenvalue weighted by Crippen LogP contribution is -2.41. The number of nitrogens with one attached hydrogen (secondary N) is 1. The number of carbonyl (C=O) groups is 1. The van der Waals surface area contributed by atoms with Gasteiger partial charge in [-0.05, 0) is 42.0 Å². The van der Waals surface area contributed by atoms with E-state index in [-0.39, 0.29) is 30.6 Å². The standard InChI is InChI=1S/C19H21NO3/c21-12-13-6-8-15(9-7-13)19(23)20-18(16-10-17(22)11-16)14-4-2-1-3-5-14/h1-9,16-18,21-22H,10-12H2,(H,20,23)/t16?,17?,18-/m1/s1. The van der Waals surface area contributed by atoms with Crippen LogP contribution in [0.5, 0.6) is 0 Å². The van der Waals surface area contributed by atoms with E-state index in [0.29, 0.717) is 18.4 Å². The predicted octanol–water partition coefficient (Wildman–Crippen LogP) is 2.42. The Labute approximate surface area is 135 Å². The van der Waals surface area contributed by atoms with Gasteiger partial charge in [0.25, 0.3) is 5.91 Å². The molecule has 0 aliphatic heterocycles. The molecule has 23 heavy (non-hydrogen) atoms. The summed E-state index contributed by atoms with van der Waals surface area (Å²) in [6.07, 6.45) is 1.17. The van der Waals surface area contributed by atoms with E-state index in [1.165, 1.54) is 0 Å². The molecule has 4 heteroatoms. The fraction of sp³-hybridized carbons (Fsp3) is 0.316. The van der Waals surface area contributed by atoms with Crippen molar-refractivity contribution in [3.05, 3.63) is 71.3 Å². The van der Waals surface area contributed by atoms with Gasteiger partial charge in [0.1, 0.15) is 0 Å².